The molecule has 0 saturated carbocycles. The van der Waals surface area contributed by atoms with Crippen molar-refractivity contribution in [3.8, 4) is 0 Å². The van der Waals surface area contributed by atoms with Gasteiger partial charge >= 0.3 is 7.80 Å². The lowest BCUT2D eigenvalue weighted by molar-refractivity contribution is -0.118. The Hall–Kier alpha value is -0.230. The summed E-state index contributed by atoms with van der Waals surface area (Å²) in [5.41, 5.74) is 0. The van der Waals surface area contributed by atoms with Crippen LogP contribution >= 0.6 is 7.80 Å². The first-order valence-electron chi connectivity index (χ1n) is 2.73. The summed E-state index contributed by atoms with van der Waals surface area (Å²) in [5.74, 6) is 0.277. The molecule has 0 aromatic carbocycles. The molecule has 44 valence electrons. The molecule has 0 bridgehead atoms. The third-order valence-electron chi connectivity index (χ3n) is 1.28. The molecule has 1 aliphatic rings. The predicted octanol–water partition coefficient (Wildman–Crippen LogP) is 1.18. The zero-order valence-corrected chi connectivity index (χ0v) is 5.49. The number of rotatable bonds is 0. The Morgan fingerprint density at radius 2 is 1.75 bits per heavy atom. The maximum atomic E-state index is 10.6. The number of carbonyl (C=O) groups is 1. The monoisotopic (exact) mass is 131 g/mol. The average molecular weight is 131 g/mol. The molecule has 8 heavy (non-hydrogen) atoms. The second-order valence-electron chi connectivity index (χ2n) is 1.97. The van der Waals surface area contributed by atoms with E-state index in [1.807, 2.05) is 0 Å². The van der Waals surface area contributed by atoms with Crippen molar-refractivity contribution in [1.29, 1.82) is 0 Å². The first kappa shape index (κ1) is 5.90. The maximum absolute atomic E-state index is 10.6. The molecule has 1 saturated heterocycles. The first-order chi connectivity index (χ1) is 3.79. The molecule has 1 fully saturated rings. The van der Waals surface area contributed by atoms with Gasteiger partial charge in [-0.05, 0) is 0 Å². The summed E-state index contributed by atoms with van der Waals surface area (Å²) in [5, 5.41) is 0. The van der Waals surface area contributed by atoms with Gasteiger partial charge in [-0.15, -0.1) is 0 Å². The van der Waals surface area contributed by atoms with Crippen molar-refractivity contribution >= 4 is 13.6 Å². The summed E-state index contributed by atoms with van der Waals surface area (Å²) in [6.07, 6.45) is 2.37. The largest absolute Gasteiger partial charge is 0.339 e. The summed E-state index contributed by atoms with van der Waals surface area (Å²) in [6, 6.07) is 0. The molecule has 0 aromatic heterocycles. The van der Waals surface area contributed by atoms with Gasteiger partial charge in [-0.25, -0.2) is 0 Å². The average Bonchev–Trinajstić information content (AvgIpc) is 1.77. The van der Waals surface area contributed by atoms with Crippen LogP contribution in [0.15, 0.2) is 0 Å². The minimum atomic E-state index is -0.989. The van der Waals surface area contributed by atoms with Crippen LogP contribution in [0.2, 0.25) is 0 Å². The molecule has 0 aliphatic carbocycles. The van der Waals surface area contributed by atoms with Crippen LogP contribution in [-0.2, 0) is 9.36 Å². The Balaban J connectivity index is 2.40. The SMILES string of the molecule is O=C1CC[P+](=O)CC1. The summed E-state index contributed by atoms with van der Waals surface area (Å²) in [4.78, 5) is 10.5. The van der Waals surface area contributed by atoms with Gasteiger partial charge in [0.15, 0.2) is 12.3 Å². The number of hydrogen-bond acceptors (Lipinski definition) is 2. The fraction of sp³-hybridized carbons (Fsp3) is 0.800. The van der Waals surface area contributed by atoms with E-state index in [0.717, 1.165) is 0 Å². The van der Waals surface area contributed by atoms with Crippen LogP contribution in [0.5, 0.6) is 0 Å². The lowest BCUT2D eigenvalue weighted by Crippen LogP contribution is -2.06. The van der Waals surface area contributed by atoms with Crippen molar-refractivity contribution in [3.63, 3.8) is 0 Å². The standard InChI is InChI=1S/C5H8O2P/c6-5-1-3-8(7)4-2-5/h1-4H2/q+1. The molecule has 0 aromatic rings. The molecule has 3 heteroatoms. The molecule has 1 rings (SSSR count). The third kappa shape index (κ3) is 1.38. The van der Waals surface area contributed by atoms with Gasteiger partial charge in [0.1, 0.15) is 5.78 Å². The predicted molar refractivity (Wildman–Crippen MR) is 31.6 cm³/mol. The summed E-state index contributed by atoms with van der Waals surface area (Å²) in [6.45, 7) is 0. The van der Waals surface area contributed by atoms with Gasteiger partial charge in [-0.1, -0.05) is 4.57 Å². The van der Waals surface area contributed by atoms with Gasteiger partial charge in [-0.3, -0.25) is 4.79 Å². The minimum absolute atomic E-state index is 0.277. The molecule has 2 nitrogen and oxygen atoms in total. The zero-order valence-electron chi connectivity index (χ0n) is 4.59. The highest BCUT2D eigenvalue weighted by atomic mass is 31.1. The second kappa shape index (κ2) is 2.36. The molecule has 0 unspecified atom stereocenters. The van der Waals surface area contributed by atoms with Crippen molar-refractivity contribution < 1.29 is 9.36 Å². The van der Waals surface area contributed by atoms with E-state index in [0.29, 0.717) is 25.2 Å². The van der Waals surface area contributed by atoms with E-state index in [1.165, 1.54) is 0 Å². The number of ketones is 1. The van der Waals surface area contributed by atoms with Crippen molar-refractivity contribution in [1.82, 2.24) is 0 Å². The maximum Gasteiger partial charge on any atom is 0.339 e. The summed E-state index contributed by atoms with van der Waals surface area (Å²) in [7, 11) is -0.989. The van der Waals surface area contributed by atoms with Gasteiger partial charge in [0.25, 0.3) is 0 Å². The van der Waals surface area contributed by atoms with Gasteiger partial charge < -0.3 is 0 Å². The Morgan fingerprint density at radius 3 is 2.12 bits per heavy atom. The number of Topliss-reactive ketones (excluding diaryl/α,β-unsaturated/α-hetero) is 1. The van der Waals surface area contributed by atoms with Crippen LogP contribution in [0.4, 0.5) is 0 Å². The van der Waals surface area contributed by atoms with Gasteiger partial charge in [0, 0.05) is 0 Å². The Kier molecular flexibility index (Phi) is 1.74. The Labute approximate surface area is 49.1 Å². The molecule has 0 atom stereocenters. The highest BCUT2D eigenvalue weighted by molar-refractivity contribution is 7.44. The van der Waals surface area contributed by atoms with E-state index < -0.39 is 7.80 Å². The first-order valence-corrected chi connectivity index (χ1v) is 4.36. The lowest BCUT2D eigenvalue weighted by Gasteiger charge is -1.95. The summed E-state index contributed by atoms with van der Waals surface area (Å²) >= 11 is 0. The van der Waals surface area contributed by atoms with Crippen LogP contribution in [-0.4, -0.2) is 18.1 Å². The lowest BCUT2D eigenvalue weighted by atomic mass is 10.2. The van der Waals surface area contributed by atoms with Crippen LogP contribution in [0.3, 0.4) is 0 Å². The molecule has 1 aliphatic heterocycles. The highest BCUT2D eigenvalue weighted by Crippen LogP contribution is 2.27. The van der Waals surface area contributed by atoms with Crippen molar-refractivity contribution in [2.45, 2.75) is 12.8 Å². The number of hydrogen-bond donors (Lipinski definition) is 0. The molecule has 0 radical (unpaired) electrons. The Bertz CT molecular complexity index is 102. The van der Waals surface area contributed by atoms with Crippen LogP contribution in [0, 0.1) is 0 Å². The second-order valence-corrected chi connectivity index (χ2v) is 3.83. The fourth-order valence-corrected chi connectivity index (χ4v) is 1.96. The van der Waals surface area contributed by atoms with E-state index in [2.05, 4.69) is 0 Å². The molecule has 0 amide bonds. The molecule has 0 N–H and O–H groups in total. The molecule has 1 heterocycles. The van der Waals surface area contributed by atoms with Crippen molar-refractivity contribution in [2.24, 2.45) is 0 Å². The number of carbonyl (C=O) groups excluding carboxylic acids is 1. The quantitative estimate of drug-likeness (QED) is 0.462. The van der Waals surface area contributed by atoms with E-state index in [4.69, 9.17) is 0 Å². The van der Waals surface area contributed by atoms with Gasteiger partial charge in [0.05, 0.1) is 12.8 Å². The molecule has 0 spiro atoms. The molecular weight excluding hydrogens is 123 g/mol. The van der Waals surface area contributed by atoms with Crippen molar-refractivity contribution in [3.05, 3.63) is 0 Å². The highest BCUT2D eigenvalue weighted by Gasteiger charge is 2.24. The van der Waals surface area contributed by atoms with Crippen LogP contribution in [0.1, 0.15) is 12.8 Å². The molecular formula is C5H8O2P+. The topological polar surface area (TPSA) is 34.1 Å². The van der Waals surface area contributed by atoms with E-state index in [-0.39, 0.29) is 5.78 Å². The van der Waals surface area contributed by atoms with Gasteiger partial charge in [0.2, 0.25) is 0 Å². The minimum Gasteiger partial charge on any atom is -0.299 e. The van der Waals surface area contributed by atoms with E-state index in [9.17, 15) is 9.36 Å². The summed E-state index contributed by atoms with van der Waals surface area (Å²) < 4.78 is 10.6. The van der Waals surface area contributed by atoms with Crippen LogP contribution in [0.25, 0.3) is 0 Å². The van der Waals surface area contributed by atoms with Crippen molar-refractivity contribution in [2.75, 3.05) is 12.3 Å². The third-order valence-corrected chi connectivity index (χ3v) is 2.72. The van der Waals surface area contributed by atoms with Gasteiger partial charge in [-0.2, -0.15) is 0 Å². The van der Waals surface area contributed by atoms with E-state index >= 15 is 0 Å². The van der Waals surface area contributed by atoms with Crippen LogP contribution < -0.4 is 0 Å². The fourth-order valence-electron chi connectivity index (χ4n) is 0.736. The Morgan fingerprint density at radius 1 is 1.25 bits per heavy atom. The smallest absolute Gasteiger partial charge is 0.299 e. The van der Waals surface area contributed by atoms with E-state index in [1.54, 1.807) is 0 Å². The zero-order chi connectivity index (χ0) is 5.98. The normalized spacial score (nSPS) is 21.5.